The molecule has 1 N–H and O–H groups in total. The molecule has 0 aromatic heterocycles. The third-order valence-electron chi connectivity index (χ3n) is 3.74. The first-order chi connectivity index (χ1) is 11.0. The van der Waals surface area contributed by atoms with Crippen LogP contribution in [0.15, 0.2) is 36.4 Å². The predicted octanol–water partition coefficient (Wildman–Crippen LogP) is 2.31. The summed E-state index contributed by atoms with van der Waals surface area (Å²) >= 11 is 0. The Balaban J connectivity index is 2.22. The van der Waals surface area contributed by atoms with Gasteiger partial charge in [0.2, 0.25) is 0 Å². The highest BCUT2D eigenvalue weighted by Crippen LogP contribution is 2.25. The first kappa shape index (κ1) is 17.7. The van der Waals surface area contributed by atoms with E-state index in [1.54, 1.807) is 30.3 Å². The average Bonchev–Trinajstić information content (AvgIpc) is 2.54. The number of aliphatic hydroxyl groups excluding tert-OH is 1. The molecule has 1 aromatic carbocycles. The Hall–Kier alpha value is -1.66. The average molecular weight is 338 g/mol. The molecule has 23 heavy (non-hydrogen) atoms. The number of carbonyl (C=O) groups excluding carboxylic acids is 1. The monoisotopic (exact) mass is 338 g/mol. The second kappa shape index (κ2) is 8.26. The fourth-order valence-corrected chi connectivity index (χ4v) is 4.15. The van der Waals surface area contributed by atoms with Gasteiger partial charge in [0.15, 0.2) is 9.84 Å². The standard InChI is InChI=1S/C17H22O5S/c18-12-5-13-23(20,21)16(14-6-2-1-3-7-14)11-10-15-8-4-9-17(19)22-15/h1-3,6-7,11,15,18H,4-5,8-10,12-13H2. The van der Waals surface area contributed by atoms with Crippen LogP contribution in [0.25, 0.3) is 4.91 Å². The van der Waals surface area contributed by atoms with Crippen LogP contribution < -0.4 is 0 Å². The van der Waals surface area contributed by atoms with E-state index in [4.69, 9.17) is 9.84 Å². The third kappa shape index (κ3) is 5.18. The maximum Gasteiger partial charge on any atom is 0.306 e. The van der Waals surface area contributed by atoms with Crippen LogP contribution in [0.4, 0.5) is 0 Å². The van der Waals surface area contributed by atoms with E-state index >= 15 is 0 Å². The van der Waals surface area contributed by atoms with Gasteiger partial charge < -0.3 is 9.84 Å². The van der Waals surface area contributed by atoms with Crippen molar-refractivity contribution >= 4 is 20.7 Å². The summed E-state index contributed by atoms with van der Waals surface area (Å²) in [7, 11) is -3.49. The Bertz CT molecular complexity index is 649. The summed E-state index contributed by atoms with van der Waals surface area (Å²) in [6.07, 6.45) is 3.92. The number of carbonyl (C=O) groups is 1. The van der Waals surface area contributed by atoms with Crippen molar-refractivity contribution in [3.8, 4) is 0 Å². The topological polar surface area (TPSA) is 80.7 Å². The lowest BCUT2D eigenvalue weighted by Gasteiger charge is -2.21. The minimum Gasteiger partial charge on any atom is -0.462 e. The van der Waals surface area contributed by atoms with Gasteiger partial charge in [-0.25, -0.2) is 8.42 Å². The van der Waals surface area contributed by atoms with E-state index in [-0.39, 0.29) is 35.8 Å². The number of hydrogen-bond acceptors (Lipinski definition) is 5. The van der Waals surface area contributed by atoms with Gasteiger partial charge in [0.05, 0.1) is 10.7 Å². The molecule has 0 amide bonds. The number of benzene rings is 1. The first-order valence-electron chi connectivity index (χ1n) is 7.81. The van der Waals surface area contributed by atoms with Gasteiger partial charge in [0, 0.05) is 19.4 Å². The van der Waals surface area contributed by atoms with E-state index in [1.165, 1.54) is 0 Å². The minimum atomic E-state index is -3.49. The molecule has 1 aliphatic rings. The van der Waals surface area contributed by atoms with Gasteiger partial charge in [-0.15, -0.1) is 0 Å². The number of hydrogen-bond donors (Lipinski definition) is 1. The number of esters is 1. The lowest BCUT2D eigenvalue weighted by atomic mass is 10.1. The smallest absolute Gasteiger partial charge is 0.306 e. The van der Waals surface area contributed by atoms with E-state index in [0.29, 0.717) is 18.4 Å². The van der Waals surface area contributed by atoms with Crippen LogP contribution >= 0.6 is 0 Å². The van der Waals surface area contributed by atoms with E-state index in [9.17, 15) is 13.2 Å². The molecule has 2 rings (SSSR count). The normalized spacial score (nSPS) is 19.4. The maximum absolute atomic E-state index is 12.5. The highest BCUT2D eigenvalue weighted by Gasteiger charge is 2.23. The number of cyclic esters (lactones) is 1. The Morgan fingerprint density at radius 3 is 2.70 bits per heavy atom. The van der Waals surface area contributed by atoms with Crippen molar-refractivity contribution in [2.45, 2.75) is 38.2 Å². The molecule has 1 aromatic rings. The van der Waals surface area contributed by atoms with Crippen LogP contribution in [-0.2, 0) is 19.4 Å². The molecule has 6 heteroatoms. The van der Waals surface area contributed by atoms with Crippen LogP contribution in [-0.4, -0.2) is 38.0 Å². The molecule has 1 unspecified atom stereocenters. The molecule has 0 bridgehead atoms. The highest BCUT2D eigenvalue weighted by molar-refractivity contribution is 8.00. The van der Waals surface area contributed by atoms with Crippen molar-refractivity contribution in [1.29, 1.82) is 0 Å². The Morgan fingerprint density at radius 2 is 2.04 bits per heavy atom. The molecule has 1 heterocycles. The van der Waals surface area contributed by atoms with Crippen LogP contribution in [0.1, 0.15) is 37.7 Å². The molecule has 1 saturated heterocycles. The summed E-state index contributed by atoms with van der Waals surface area (Å²) in [5.41, 5.74) is 0.618. The van der Waals surface area contributed by atoms with Crippen molar-refractivity contribution in [3.63, 3.8) is 0 Å². The number of aliphatic hydroxyl groups is 1. The molecule has 1 aliphatic heterocycles. The fraction of sp³-hybridized carbons (Fsp3) is 0.471. The summed E-state index contributed by atoms with van der Waals surface area (Å²) in [5.74, 6) is -0.326. The number of sulfone groups is 1. The highest BCUT2D eigenvalue weighted by atomic mass is 32.2. The van der Waals surface area contributed by atoms with Crippen molar-refractivity contribution in [2.24, 2.45) is 0 Å². The largest absolute Gasteiger partial charge is 0.462 e. The van der Waals surface area contributed by atoms with Crippen molar-refractivity contribution in [2.75, 3.05) is 12.4 Å². The fourth-order valence-electron chi connectivity index (χ4n) is 2.57. The zero-order valence-electron chi connectivity index (χ0n) is 13.0. The Labute approximate surface area is 136 Å². The van der Waals surface area contributed by atoms with E-state index in [0.717, 1.165) is 12.8 Å². The number of ether oxygens (including phenoxy) is 1. The maximum atomic E-state index is 12.5. The third-order valence-corrected chi connectivity index (χ3v) is 5.63. The molecular weight excluding hydrogens is 316 g/mol. The lowest BCUT2D eigenvalue weighted by Crippen LogP contribution is -2.23. The van der Waals surface area contributed by atoms with Gasteiger partial charge in [-0.2, -0.15) is 0 Å². The second-order valence-electron chi connectivity index (χ2n) is 5.57. The van der Waals surface area contributed by atoms with Gasteiger partial charge in [-0.3, -0.25) is 4.79 Å². The van der Waals surface area contributed by atoms with Gasteiger partial charge in [-0.1, -0.05) is 36.4 Å². The molecule has 0 saturated carbocycles. The molecule has 0 aliphatic carbocycles. The molecule has 126 valence electrons. The Kier molecular flexibility index (Phi) is 6.36. The summed E-state index contributed by atoms with van der Waals surface area (Å²) in [6.45, 7) is -0.165. The molecular formula is C17H22O5S. The molecule has 0 spiro atoms. The van der Waals surface area contributed by atoms with Crippen molar-refractivity contribution < 1.29 is 23.1 Å². The minimum absolute atomic E-state index is 0.102. The first-order valence-corrected chi connectivity index (χ1v) is 9.47. The Morgan fingerprint density at radius 1 is 1.30 bits per heavy atom. The van der Waals surface area contributed by atoms with Crippen LogP contribution in [0.5, 0.6) is 0 Å². The van der Waals surface area contributed by atoms with Gasteiger partial charge >= 0.3 is 5.97 Å². The number of rotatable bonds is 7. The zero-order chi connectivity index (χ0) is 16.7. The van der Waals surface area contributed by atoms with Gasteiger partial charge in [0.1, 0.15) is 6.10 Å². The van der Waals surface area contributed by atoms with Crippen molar-refractivity contribution in [3.05, 3.63) is 42.0 Å². The van der Waals surface area contributed by atoms with Crippen LogP contribution in [0, 0.1) is 0 Å². The lowest BCUT2D eigenvalue weighted by molar-refractivity contribution is -0.153. The summed E-state index contributed by atoms with van der Waals surface area (Å²) in [6, 6.07) is 8.88. The van der Waals surface area contributed by atoms with Crippen molar-refractivity contribution in [1.82, 2.24) is 0 Å². The predicted molar refractivity (Wildman–Crippen MR) is 88.3 cm³/mol. The van der Waals surface area contributed by atoms with E-state index in [1.807, 2.05) is 6.07 Å². The molecule has 1 fully saturated rings. The zero-order valence-corrected chi connectivity index (χ0v) is 13.8. The van der Waals surface area contributed by atoms with E-state index < -0.39 is 9.84 Å². The van der Waals surface area contributed by atoms with Crippen LogP contribution in [0.2, 0.25) is 0 Å². The van der Waals surface area contributed by atoms with Crippen LogP contribution in [0.3, 0.4) is 0 Å². The molecule has 5 nitrogen and oxygen atoms in total. The van der Waals surface area contributed by atoms with Gasteiger partial charge in [0.25, 0.3) is 0 Å². The SMILES string of the molecule is O=C1CCCC(CC=C(c2ccccc2)S(=O)(=O)CCCO)O1. The summed E-state index contributed by atoms with van der Waals surface area (Å²) in [4.78, 5) is 11.6. The molecule has 0 radical (unpaired) electrons. The second-order valence-corrected chi connectivity index (χ2v) is 7.65. The quantitative estimate of drug-likeness (QED) is 0.772. The van der Waals surface area contributed by atoms with E-state index in [2.05, 4.69) is 0 Å². The summed E-state index contributed by atoms with van der Waals surface area (Å²) < 4.78 is 30.3. The van der Waals surface area contributed by atoms with Gasteiger partial charge in [-0.05, 0) is 24.8 Å². The molecule has 1 atom stereocenters. The summed E-state index contributed by atoms with van der Waals surface area (Å²) in [5, 5.41) is 8.90.